The van der Waals surface area contributed by atoms with Crippen molar-refractivity contribution in [2.24, 2.45) is 0 Å². The highest BCUT2D eigenvalue weighted by molar-refractivity contribution is 5.21. The second kappa shape index (κ2) is 10.4. The minimum absolute atomic E-state index is 0.960. The van der Waals surface area contributed by atoms with Crippen LogP contribution in [0.4, 0.5) is 0 Å². The summed E-state index contributed by atoms with van der Waals surface area (Å²) >= 11 is 0. The van der Waals surface area contributed by atoms with Gasteiger partial charge < -0.3 is 0 Å². The Balaban J connectivity index is 2.62. The zero-order valence-electron chi connectivity index (χ0n) is 9.94. The van der Waals surface area contributed by atoms with Crippen LogP contribution in [0, 0.1) is 0 Å². The van der Waals surface area contributed by atoms with Crippen LogP contribution in [-0.2, 0) is 0 Å². The van der Waals surface area contributed by atoms with Crippen LogP contribution in [0.2, 0.25) is 0 Å². The smallest absolute Gasteiger partial charge is 0.0163 e. The van der Waals surface area contributed by atoms with Crippen LogP contribution in [0.25, 0.3) is 0 Å². The molecular weight excluding hydrogens is 204 g/mol. The summed E-state index contributed by atoms with van der Waals surface area (Å²) in [5, 5.41) is 0. The standard InChI is InChI=1S/C17H18/c1-2-4-6-8-10-12-14-16-17-15-13-11-9-7-5-3-1/h1-16H,17H2/b3-1-,4-2+,7-5+,8-6+,11-9+,12-10+,15-13?,16-14+. The average Bonchev–Trinajstić information content (AvgIpc) is 2.35. The van der Waals surface area contributed by atoms with Crippen molar-refractivity contribution in [3.8, 4) is 0 Å². The van der Waals surface area contributed by atoms with Gasteiger partial charge in [0, 0.05) is 0 Å². The number of allylic oxidation sites excluding steroid dienone is 16. The van der Waals surface area contributed by atoms with Crippen molar-refractivity contribution in [2.45, 2.75) is 6.42 Å². The summed E-state index contributed by atoms with van der Waals surface area (Å²) in [6.45, 7) is 0. The van der Waals surface area contributed by atoms with E-state index in [0.29, 0.717) is 0 Å². The molecule has 0 fully saturated rings. The third-order valence-electron chi connectivity index (χ3n) is 1.99. The molecule has 0 heterocycles. The van der Waals surface area contributed by atoms with E-state index in [-0.39, 0.29) is 0 Å². The maximum Gasteiger partial charge on any atom is -0.0163 e. The van der Waals surface area contributed by atoms with Crippen molar-refractivity contribution in [3.63, 3.8) is 0 Å². The topological polar surface area (TPSA) is 0 Å². The van der Waals surface area contributed by atoms with Crippen LogP contribution in [0.1, 0.15) is 6.42 Å². The van der Waals surface area contributed by atoms with Crippen molar-refractivity contribution in [2.75, 3.05) is 0 Å². The van der Waals surface area contributed by atoms with Gasteiger partial charge in [-0.1, -0.05) is 97.2 Å². The molecule has 0 aromatic rings. The molecule has 0 spiro atoms. The molecule has 0 amide bonds. The van der Waals surface area contributed by atoms with Crippen LogP contribution < -0.4 is 0 Å². The van der Waals surface area contributed by atoms with Crippen LogP contribution in [0.15, 0.2) is 97.2 Å². The Kier molecular flexibility index (Phi) is 7.97. The zero-order valence-corrected chi connectivity index (χ0v) is 9.94. The minimum atomic E-state index is 0.960. The fourth-order valence-electron chi connectivity index (χ4n) is 1.16. The van der Waals surface area contributed by atoms with Crippen LogP contribution in [-0.4, -0.2) is 0 Å². The first-order chi connectivity index (χ1) is 8.50. The molecule has 1 rings (SSSR count). The average molecular weight is 222 g/mol. The maximum atomic E-state index is 2.12. The van der Waals surface area contributed by atoms with Crippen molar-refractivity contribution in [3.05, 3.63) is 97.2 Å². The molecule has 0 aliphatic heterocycles. The first-order valence-corrected chi connectivity index (χ1v) is 5.82. The van der Waals surface area contributed by atoms with Gasteiger partial charge in [0.05, 0.1) is 0 Å². The third kappa shape index (κ3) is 8.88. The SMILES string of the molecule is C1=CC/C=C/C=C/C=C/C=C/C=C\C=C\C=C\1. The fraction of sp³-hybridized carbons (Fsp3) is 0.0588. The van der Waals surface area contributed by atoms with Crippen molar-refractivity contribution in [1.82, 2.24) is 0 Å². The molecule has 0 saturated heterocycles. The third-order valence-corrected chi connectivity index (χ3v) is 1.99. The lowest BCUT2D eigenvalue weighted by Crippen LogP contribution is -1.57. The molecule has 86 valence electrons. The fourth-order valence-corrected chi connectivity index (χ4v) is 1.16. The van der Waals surface area contributed by atoms with E-state index >= 15 is 0 Å². The van der Waals surface area contributed by atoms with E-state index in [9.17, 15) is 0 Å². The highest BCUT2D eigenvalue weighted by atomic mass is 13.8. The summed E-state index contributed by atoms with van der Waals surface area (Å²) in [7, 11) is 0. The van der Waals surface area contributed by atoms with E-state index in [1.165, 1.54) is 0 Å². The van der Waals surface area contributed by atoms with Gasteiger partial charge in [0.2, 0.25) is 0 Å². The Morgan fingerprint density at radius 3 is 0.824 bits per heavy atom. The van der Waals surface area contributed by atoms with E-state index in [0.717, 1.165) is 6.42 Å². The molecular formula is C17H18. The maximum absolute atomic E-state index is 2.12. The molecule has 0 saturated carbocycles. The van der Waals surface area contributed by atoms with E-state index < -0.39 is 0 Å². The molecule has 0 heteroatoms. The highest BCUT2D eigenvalue weighted by Crippen LogP contribution is 1.90. The Morgan fingerprint density at radius 1 is 0.294 bits per heavy atom. The Labute approximate surface area is 104 Å². The minimum Gasteiger partial charge on any atom is -0.0807 e. The molecule has 0 atom stereocenters. The molecule has 0 aromatic carbocycles. The van der Waals surface area contributed by atoms with Crippen LogP contribution >= 0.6 is 0 Å². The number of hydrogen-bond donors (Lipinski definition) is 0. The number of rotatable bonds is 0. The highest BCUT2D eigenvalue weighted by Gasteiger charge is 1.69. The molecule has 17 heavy (non-hydrogen) atoms. The monoisotopic (exact) mass is 222 g/mol. The summed E-state index contributed by atoms with van der Waals surface area (Å²) in [4.78, 5) is 0. The van der Waals surface area contributed by atoms with Gasteiger partial charge in [-0.05, 0) is 6.42 Å². The summed E-state index contributed by atoms with van der Waals surface area (Å²) in [6, 6.07) is 0. The quantitative estimate of drug-likeness (QED) is 0.550. The lowest BCUT2D eigenvalue weighted by atomic mass is 10.3. The molecule has 0 bridgehead atoms. The van der Waals surface area contributed by atoms with Crippen LogP contribution in [0.3, 0.4) is 0 Å². The van der Waals surface area contributed by atoms with Gasteiger partial charge in [-0.25, -0.2) is 0 Å². The largest absolute Gasteiger partial charge is 0.0807 e. The lowest BCUT2D eigenvalue weighted by molar-refractivity contribution is 1.39. The Morgan fingerprint density at radius 2 is 0.529 bits per heavy atom. The molecule has 0 nitrogen and oxygen atoms in total. The summed E-state index contributed by atoms with van der Waals surface area (Å²) in [5.74, 6) is 0. The Bertz CT molecular complexity index is 367. The van der Waals surface area contributed by atoms with Gasteiger partial charge in [-0.2, -0.15) is 0 Å². The predicted octanol–water partition coefficient (Wildman–Crippen LogP) is 4.84. The summed E-state index contributed by atoms with van der Waals surface area (Å²) in [6.07, 6.45) is 33.5. The number of hydrogen-bond acceptors (Lipinski definition) is 0. The molecule has 0 radical (unpaired) electrons. The molecule has 1 aliphatic rings. The van der Waals surface area contributed by atoms with Gasteiger partial charge in [0.1, 0.15) is 0 Å². The molecule has 0 unspecified atom stereocenters. The van der Waals surface area contributed by atoms with Gasteiger partial charge in [0.25, 0.3) is 0 Å². The van der Waals surface area contributed by atoms with Gasteiger partial charge in [-0.3, -0.25) is 0 Å². The molecule has 1 aliphatic carbocycles. The Hall–Kier alpha value is -2.08. The zero-order chi connectivity index (χ0) is 12.0. The second-order valence-electron chi connectivity index (χ2n) is 3.40. The normalized spacial score (nSPS) is 29.6. The first-order valence-electron chi connectivity index (χ1n) is 5.82. The predicted molar refractivity (Wildman–Crippen MR) is 77.7 cm³/mol. The summed E-state index contributed by atoms with van der Waals surface area (Å²) in [5.41, 5.74) is 0. The van der Waals surface area contributed by atoms with Crippen molar-refractivity contribution >= 4 is 0 Å². The van der Waals surface area contributed by atoms with Crippen LogP contribution in [0.5, 0.6) is 0 Å². The van der Waals surface area contributed by atoms with E-state index in [1.807, 2.05) is 72.9 Å². The lowest BCUT2D eigenvalue weighted by Gasteiger charge is -1.78. The molecule has 0 aromatic heterocycles. The van der Waals surface area contributed by atoms with Crippen molar-refractivity contribution < 1.29 is 0 Å². The van der Waals surface area contributed by atoms with E-state index in [4.69, 9.17) is 0 Å². The van der Waals surface area contributed by atoms with Gasteiger partial charge in [0.15, 0.2) is 0 Å². The molecule has 0 N–H and O–H groups in total. The van der Waals surface area contributed by atoms with Crippen molar-refractivity contribution in [1.29, 1.82) is 0 Å². The van der Waals surface area contributed by atoms with Gasteiger partial charge in [-0.15, -0.1) is 0 Å². The second-order valence-corrected chi connectivity index (χ2v) is 3.40. The first kappa shape index (κ1) is 13.0. The van der Waals surface area contributed by atoms with E-state index in [1.54, 1.807) is 0 Å². The van der Waals surface area contributed by atoms with E-state index in [2.05, 4.69) is 24.3 Å². The van der Waals surface area contributed by atoms with Gasteiger partial charge >= 0.3 is 0 Å². The summed E-state index contributed by atoms with van der Waals surface area (Å²) < 4.78 is 0.